The number of rotatable bonds is 7. The summed E-state index contributed by atoms with van der Waals surface area (Å²) in [6, 6.07) is 10.4. The van der Waals surface area contributed by atoms with Crippen molar-refractivity contribution in [1.82, 2.24) is 10.3 Å². The Kier molecular flexibility index (Phi) is 6.51. The lowest BCUT2D eigenvalue weighted by Crippen LogP contribution is -2.27. The van der Waals surface area contributed by atoms with Crippen LogP contribution in [-0.4, -0.2) is 30.0 Å². The number of benzene rings is 1. The summed E-state index contributed by atoms with van der Waals surface area (Å²) >= 11 is 0. The van der Waals surface area contributed by atoms with Gasteiger partial charge in [-0.1, -0.05) is 26.0 Å². The molecule has 2 N–H and O–H groups in total. The molecule has 1 amide bonds. The van der Waals surface area contributed by atoms with E-state index in [1.54, 1.807) is 37.3 Å². The maximum atomic E-state index is 12.0. The molecule has 0 saturated heterocycles. The fourth-order valence-electron chi connectivity index (χ4n) is 2.12. The van der Waals surface area contributed by atoms with Gasteiger partial charge >= 0.3 is 5.97 Å². The molecule has 0 atom stereocenters. The molecule has 0 aliphatic rings. The number of hydrogen-bond acceptors (Lipinski definition) is 5. The number of carbonyl (C=O) groups excluding carboxylic acids is 2. The number of hydrogen-bond donors (Lipinski definition) is 2. The highest BCUT2D eigenvalue weighted by Crippen LogP contribution is 2.20. The average Bonchev–Trinajstić information content (AvgIpc) is 2.61. The Morgan fingerprint density at radius 3 is 2.56 bits per heavy atom. The van der Waals surface area contributed by atoms with Gasteiger partial charge < -0.3 is 15.4 Å². The fourth-order valence-corrected chi connectivity index (χ4v) is 2.12. The monoisotopic (exact) mass is 341 g/mol. The van der Waals surface area contributed by atoms with Crippen LogP contribution in [0.15, 0.2) is 42.6 Å². The van der Waals surface area contributed by atoms with Crippen LogP contribution in [0, 0.1) is 5.92 Å². The van der Waals surface area contributed by atoms with Crippen molar-refractivity contribution < 1.29 is 14.3 Å². The van der Waals surface area contributed by atoms with Crippen LogP contribution >= 0.6 is 0 Å². The normalized spacial score (nSPS) is 10.4. The van der Waals surface area contributed by atoms with E-state index in [9.17, 15) is 9.59 Å². The highest BCUT2D eigenvalue weighted by atomic mass is 16.5. The molecular weight excluding hydrogens is 318 g/mol. The van der Waals surface area contributed by atoms with Crippen LogP contribution in [0.2, 0.25) is 0 Å². The fraction of sp³-hybridized carbons (Fsp3) is 0.316. The van der Waals surface area contributed by atoms with E-state index in [1.807, 2.05) is 19.9 Å². The Morgan fingerprint density at radius 1 is 1.16 bits per heavy atom. The van der Waals surface area contributed by atoms with Gasteiger partial charge in [0, 0.05) is 12.7 Å². The Labute approximate surface area is 147 Å². The molecule has 132 valence electrons. The lowest BCUT2D eigenvalue weighted by molar-refractivity contribution is 0.0527. The zero-order valence-electron chi connectivity index (χ0n) is 14.7. The molecular formula is C19H23N3O3. The molecule has 1 aromatic carbocycles. The van der Waals surface area contributed by atoms with E-state index in [0.717, 1.165) is 0 Å². The lowest BCUT2D eigenvalue weighted by atomic mass is 10.1. The third kappa shape index (κ3) is 5.31. The summed E-state index contributed by atoms with van der Waals surface area (Å²) in [6.45, 7) is 6.76. The third-order valence-electron chi connectivity index (χ3n) is 3.38. The molecule has 0 saturated carbocycles. The van der Waals surface area contributed by atoms with Crippen molar-refractivity contribution in [2.24, 2.45) is 5.92 Å². The molecule has 0 aliphatic carbocycles. The number of amides is 1. The Bertz CT molecular complexity index is 727. The highest BCUT2D eigenvalue weighted by molar-refractivity contribution is 5.96. The van der Waals surface area contributed by atoms with Gasteiger partial charge in [-0.2, -0.15) is 0 Å². The van der Waals surface area contributed by atoms with E-state index in [1.165, 1.54) is 6.20 Å². The van der Waals surface area contributed by atoms with Gasteiger partial charge in [0.15, 0.2) is 0 Å². The molecule has 0 unspecified atom stereocenters. The molecule has 6 nitrogen and oxygen atoms in total. The smallest absolute Gasteiger partial charge is 0.340 e. The van der Waals surface area contributed by atoms with Gasteiger partial charge in [0.2, 0.25) is 0 Å². The summed E-state index contributed by atoms with van der Waals surface area (Å²) in [5, 5.41) is 5.93. The van der Waals surface area contributed by atoms with Gasteiger partial charge in [0.25, 0.3) is 5.91 Å². The molecule has 1 heterocycles. The maximum absolute atomic E-state index is 12.0. The third-order valence-corrected chi connectivity index (χ3v) is 3.38. The SMILES string of the molecule is CCOC(=O)c1ccccc1Nc1ccc(C(=O)NCC(C)C)cn1. The first-order chi connectivity index (χ1) is 12.0. The Balaban J connectivity index is 2.09. The van der Waals surface area contributed by atoms with Gasteiger partial charge in [-0.05, 0) is 37.1 Å². The van der Waals surface area contributed by atoms with Crippen molar-refractivity contribution in [2.75, 3.05) is 18.5 Å². The maximum Gasteiger partial charge on any atom is 0.340 e. The first-order valence-electron chi connectivity index (χ1n) is 8.28. The van der Waals surface area contributed by atoms with Crippen molar-refractivity contribution in [3.8, 4) is 0 Å². The largest absolute Gasteiger partial charge is 0.462 e. The van der Waals surface area contributed by atoms with Crippen molar-refractivity contribution >= 4 is 23.4 Å². The summed E-state index contributed by atoms with van der Waals surface area (Å²) in [5.74, 6) is 0.379. The number of anilines is 2. The Morgan fingerprint density at radius 2 is 1.92 bits per heavy atom. The van der Waals surface area contributed by atoms with E-state index in [0.29, 0.717) is 41.7 Å². The zero-order valence-corrected chi connectivity index (χ0v) is 14.7. The summed E-state index contributed by atoms with van der Waals surface area (Å²) < 4.78 is 5.05. The number of pyridine rings is 1. The van der Waals surface area contributed by atoms with Crippen LogP contribution < -0.4 is 10.6 Å². The van der Waals surface area contributed by atoms with Gasteiger partial charge in [-0.15, -0.1) is 0 Å². The van der Waals surface area contributed by atoms with Crippen molar-refractivity contribution in [3.63, 3.8) is 0 Å². The first kappa shape index (κ1) is 18.4. The standard InChI is InChI=1S/C19H23N3O3/c1-4-25-19(24)15-7-5-6-8-16(15)22-17-10-9-14(12-20-17)18(23)21-11-13(2)3/h5-10,12-13H,4,11H2,1-3H3,(H,20,22)(H,21,23). The minimum atomic E-state index is -0.393. The molecule has 6 heteroatoms. The molecule has 2 rings (SSSR count). The van der Waals surface area contributed by atoms with Crippen LogP contribution in [0.1, 0.15) is 41.5 Å². The zero-order chi connectivity index (χ0) is 18.2. The average molecular weight is 341 g/mol. The van der Waals surface area contributed by atoms with E-state index in [4.69, 9.17) is 4.74 Å². The van der Waals surface area contributed by atoms with Gasteiger partial charge in [0.05, 0.1) is 23.4 Å². The van der Waals surface area contributed by atoms with Crippen LogP contribution in [0.4, 0.5) is 11.5 Å². The van der Waals surface area contributed by atoms with Crippen LogP contribution in [-0.2, 0) is 4.74 Å². The summed E-state index contributed by atoms with van der Waals surface area (Å²) in [7, 11) is 0. The highest BCUT2D eigenvalue weighted by Gasteiger charge is 2.12. The van der Waals surface area contributed by atoms with E-state index in [-0.39, 0.29) is 5.91 Å². The van der Waals surface area contributed by atoms with Gasteiger partial charge in [0.1, 0.15) is 5.82 Å². The molecule has 2 aromatic rings. The lowest BCUT2D eigenvalue weighted by Gasteiger charge is -2.11. The minimum Gasteiger partial charge on any atom is -0.462 e. The van der Waals surface area contributed by atoms with Crippen molar-refractivity contribution in [1.29, 1.82) is 0 Å². The summed E-state index contributed by atoms with van der Waals surface area (Å²) in [6.07, 6.45) is 1.50. The molecule has 0 fully saturated rings. The van der Waals surface area contributed by atoms with Crippen molar-refractivity contribution in [3.05, 3.63) is 53.7 Å². The number of ether oxygens (including phenoxy) is 1. The predicted octanol–water partition coefficient (Wildman–Crippen LogP) is 3.39. The first-order valence-corrected chi connectivity index (χ1v) is 8.28. The molecule has 25 heavy (non-hydrogen) atoms. The molecule has 0 spiro atoms. The number of nitrogens with one attached hydrogen (secondary N) is 2. The van der Waals surface area contributed by atoms with Crippen molar-refractivity contribution in [2.45, 2.75) is 20.8 Å². The second kappa shape index (κ2) is 8.82. The molecule has 0 bridgehead atoms. The van der Waals surface area contributed by atoms with Gasteiger partial charge in [-0.3, -0.25) is 4.79 Å². The minimum absolute atomic E-state index is 0.153. The summed E-state index contributed by atoms with van der Waals surface area (Å²) in [4.78, 5) is 28.2. The second-order valence-corrected chi connectivity index (χ2v) is 5.93. The molecule has 0 radical (unpaired) electrons. The van der Waals surface area contributed by atoms with Crippen LogP contribution in [0.5, 0.6) is 0 Å². The number of para-hydroxylation sites is 1. The second-order valence-electron chi connectivity index (χ2n) is 5.93. The van der Waals surface area contributed by atoms with Crippen LogP contribution in [0.3, 0.4) is 0 Å². The van der Waals surface area contributed by atoms with Gasteiger partial charge in [-0.25, -0.2) is 9.78 Å². The van der Waals surface area contributed by atoms with E-state index < -0.39 is 5.97 Å². The Hall–Kier alpha value is -2.89. The van der Waals surface area contributed by atoms with E-state index >= 15 is 0 Å². The molecule has 0 aliphatic heterocycles. The topological polar surface area (TPSA) is 80.3 Å². The van der Waals surface area contributed by atoms with Crippen LogP contribution in [0.25, 0.3) is 0 Å². The molecule has 1 aromatic heterocycles. The number of carbonyl (C=O) groups is 2. The quantitative estimate of drug-likeness (QED) is 0.755. The number of esters is 1. The predicted molar refractivity (Wildman–Crippen MR) is 97.1 cm³/mol. The number of nitrogens with zero attached hydrogens (tertiary/aromatic N) is 1. The van der Waals surface area contributed by atoms with E-state index in [2.05, 4.69) is 15.6 Å². The number of aromatic nitrogens is 1. The summed E-state index contributed by atoms with van der Waals surface area (Å²) in [5.41, 5.74) is 1.53.